The fraction of sp³-hybridized carbons (Fsp3) is 0.357. The van der Waals surface area contributed by atoms with Gasteiger partial charge >= 0.3 is 0 Å². The van der Waals surface area contributed by atoms with Gasteiger partial charge in [-0.05, 0) is 49.7 Å². The third-order valence-electron chi connectivity index (χ3n) is 6.59. The second-order valence-electron chi connectivity index (χ2n) is 9.21. The molecule has 0 atom stereocenters. The molecule has 0 N–H and O–H groups in total. The number of thioether (sulfide) groups is 1. The molecule has 0 radical (unpaired) electrons. The summed E-state index contributed by atoms with van der Waals surface area (Å²) in [4.78, 5) is 28.0. The summed E-state index contributed by atoms with van der Waals surface area (Å²) in [5.74, 6) is 1.96. The summed E-state index contributed by atoms with van der Waals surface area (Å²) in [5.41, 5.74) is 2.32. The third-order valence-corrected chi connectivity index (χ3v) is 7.59. The molecular weight excluding hydrogens is 487 g/mol. The highest BCUT2D eigenvalue weighted by atomic mass is 32.2. The molecule has 1 aliphatic rings. The Hall–Kier alpha value is -3.46. The van der Waals surface area contributed by atoms with E-state index in [-0.39, 0.29) is 11.7 Å². The second kappa shape index (κ2) is 11.3. The monoisotopic (exact) mass is 518 g/mol. The summed E-state index contributed by atoms with van der Waals surface area (Å²) in [6.07, 6.45) is 2.83. The number of carbonyl (C=O) groups excluding carboxylic acids is 1. The first-order valence-corrected chi connectivity index (χ1v) is 13.7. The highest BCUT2D eigenvalue weighted by molar-refractivity contribution is 8.00. The Labute approximate surface area is 220 Å². The van der Waals surface area contributed by atoms with Crippen molar-refractivity contribution in [3.8, 4) is 5.69 Å². The van der Waals surface area contributed by atoms with Crippen molar-refractivity contribution in [3.05, 3.63) is 71.9 Å². The first-order chi connectivity index (χ1) is 18.0. The molecule has 192 valence electrons. The van der Waals surface area contributed by atoms with Crippen LogP contribution in [0.4, 0.5) is 10.2 Å². The number of hydrogen-bond acceptors (Lipinski definition) is 6. The molecule has 5 rings (SSSR count). The van der Waals surface area contributed by atoms with E-state index < -0.39 is 0 Å². The predicted octanol–water partition coefficient (Wildman–Crippen LogP) is 5.05. The molecule has 3 heterocycles. The number of hydrogen-bond donors (Lipinski definition) is 0. The molecule has 2 aromatic carbocycles. The molecule has 2 aromatic heterocycles. The Bertz CT molecular complexity index is 1370. The first kappa shape index (κ1) is 25.2. The van der Waals surface area contributed by atoms with Crippen LogP contribution in [0, 0.1) is 12.7 Å². The number of rotatable bonds is 8. The molecule has 0 unspecified atom stereocenters. The Morgan fingerprint density at radius 3 is 2.43 bits per heavy atom. The zero-order valence-electron chi connectivity index (χ0n) is 21.2. The maximum Gasteiger partial charge on any atom is 0.233 e. The Morgan fingerprint density at radius 2 is 1.73 bits per heavy atom. The third kappa shape index (κ3) is 5.61. The zero-order chi connectivity index (χ0) is 25.8. The molecule has 37 heavy (non-hydrogen) atoms. The van der Waals surface area contributed by atoms with Gasteiger partial charge in [0.25, 0.3) is 0 Å². The lowest BCUT2D eigenvalue weighted by Crippen LogP contribution is -2.49. The van der Waals surface area contributed by atoms with E-state index in [1.54, 1.807) is 28.6 Å². The van der Waals surface area contributed by atoms with E-state index in [1.165, 1.54) is 12.1 Å². The summed E-state index contributed by atoms with van der Waals surface area (Å²) >= 11 is 1.57. The summed E-state index contributed by atoms with van der Waals surface area (Å²) < 4.78 is 15.3. The molecule has 1 fully saturated rings. The molecule has 1 saturated heterocycles. The van der Waals surface area contributed by atoms with Crippen molar-refractivity contribution in [1.29, 1.82) is 0 Å². The minimum atomic E-state index is -0.287. The fourth-order valence-corrected chi connectivity index (χ4v) is 5.39. The molecule has 4 aromatic rings. The molecule has 9 heteroatoms. The number of nitrogens with zero attached hydrogens (tertiary/aromatic N) is 6. The van der Waals surface area contributed by atoms with Crippen molar-refractivity contribution in [2.45, 2.75) is 38.0 Å². The minimum absolute atomic E-state index is 0.158. The standard InChI is InChI=1S/C28H31FN6OS/c1-3-4-10-24-30-27(26-20(2)32-35(28(26)31-24)22-13-11-21(29)12-14-22)34-17-15-33(16-18-34)25(36)19-37-23-8-6-5-7-9-23/h5-9,11-14H,3-4,10,15-19H2,1-2H3. The zero-order valence-corrected chi connectivity index (χ0v) is 22.0. The Morgan fingerprint density at radius 1 is 1.00 bits per heavy atom. The molecule has 7 nitrogen and oxygen atoms in total. The van der Waals surface area contributed by atoms with Crippen LogP contribution in [0.15, 0.2) is 59.5 Å². The van der Waals surface area contributed by atoms with Crippen molar-refractivity contribution in [2.24, 2.45) is 0 Å². The van der Waals surface area contributed by atoms with Gasteiger partial charge in [0, 0.05) is 37.5 Å². The van der Waals surface area contributed by atoms with E-state index in [0.717, 1.165) is 58.2 Å². The minimum Gasteiger partial charge on any atom is -0.352 e. The van der Waals surface area contributed by atoms with E-state index in [2.05, 4.69) is 11.8 Å². The first-order valence-electron chi connectivity index (χ1n) is 12.8. The van der Waals surface area contributed by atoms with E-state index in [9.17, 15) is 9.18 Å². The molecular formula is C28H31FN6OS. The van der Waals surface area contributed by atoms with Gasteiger partial charge < -0.3 is 9.80 Å². The van der Waals surface area contributed by atoms with Crippen molar-refractivity contribution in [1.82, 2.24) is 24.6 Å². The van der Waals surface area contributed by atoms with Crippen LogP contribution < -0.4 is 4.90 Å². The summed E-state index contributed by atoms with van der Waals surface area (Å²) in [6, 6.07) is 16.3. The Balaban J connectivity index is 1.38. The van der Waals surface area contributed by atoms with Gasteiger partial charge in [-0.15, -0.1) is 11.8 Å². The molecule has 0 bridgehead atoms. The lowest BCUT2D eigenvalue weighted by Gasteiger charge is -2.35. The number of anilines is 1. The number of aromatic nitrogens is 4. The van der Waals surface area contributed by atoms with Crippen LogP contribution in [0.5, 0.6) is 0 Å². The molecule has 1 aliphatic heterocycles. The smallest absolute Gasteiger partial charge is 0.233 e. The lowest BCUT2D eigenvalue weighted by molar-refractivity contribution is -0.128. The van der Waals surface area contributed by atoms with Crippen LogP contribution in [0.3, 0.4) is 0 Å². The number of unbranched alkanes of at least 4 members (excludes halogenated alkanes) is 1. The van der Waals surface area contributed by atoms with Gasteiger partial charge in [-0.1, -0.05) is 31.5 Å². The largest absolute Gasteiger partial charge is 0.352 e. The molecule has 0 spiro atoms. The topological polar surface area (TPSA) is 67.2 Å². The quantitative estimate of drug-likeness (QED) is 0.304. The highest BCUT2D eigenvalue weighted by Crippen LogP contribution is 2.30. The van der Waals surface area contributed by atoms with Crippen LogP contribution in [0.1, 0.15) is 31.3 Å². The van der Waals surface area contributed by atoms with Gasteiger partial charge in [-0.2, -0.15) is 5.10 Å². The van der Waals surface area contributed by atoms with Crippen molar-refractivity contribution in [2.75, 3.05) is 36.8 Å². The number of piperazine rings is 1. The summed E-state index contributed by atoms with van der Waals surface area (Å²) in [5, 5.41) is 5.67. The normalized spacial score (nSPS) is 13.9. The summed E-state index contributed by atoms with van der Waals surface area (Å²) in [6.45, 7) is 6.80. The van der Waals surface area contributed by atoms with Crippen LogP contribution in [-0.2, 0) is 11.2 Å². The number of aryl methyl sites for hydroxylation is 2. The van der Waals surface area contributed by atoms with E-state index in [0.29, 0.717) is 31.9 Å². The second-order valence-corrected chi connectivity index (χ2v) is 10.3. The lowest BCUT2D eigenvalue weighted by atomic mass is 10.2. The fourth-order valence-electron chi connectivity index (χ4n) is 4.56. The van der Waals surface area contributed by atoms with E-state index in [4.69, 9.17) is 15.1 Å². The van der Waals surface area contributed by atoms with Crippen LogP contribution in [0.25, 0.3) is 16.7 Å². The predicted molar refractivity (Wildman–Crippen MR) is 146 cm³/mol. The van der Waals surface area contributed by atoms with E-state index in [1.807, 2.05) is 42.2 Å². The SMILES string of the molecule is CCCCc1nc(N2CCN(C(=O)CSc3ccccc3)CC2)c2c(C)nn(-c3ccc(F)cc3)c2n1. The average Bonchev–Trinajstić information content (AvgIpc) is 3.27. The molecule has 0 saturated carbocycles. The van der Waals surface area contributed by atoms with Gasteiger partial charge in [0.15, 0.2) is 5.65 Å². The van der Waals surface area contributed by atoms with Crippen LogP contribution in [-0.4, -0.2) is 62.5 Å². The average molecular weight is 519 g/mol. The van der Waals surface area contributed by atoms with Gasteiger partial charge in [-0.25, -0.2) is 19.0 Å². The van der Waals surface area contributed by atoms with Crippen LogP contribution in [0.2, 0.25) is 0 Å². The highest BCUT2D eigenvalue weighted by Gasteiger charge is 2.26. The van der Waals surface area contributed by atoms with Gasteiger partial charge in [0.1, 0.15) is 17.5 Å². The van der Waals surface area contributed by atoms with Gasteiger partial charge in [0.05, 0.1) is 22.5 Å². The van der Waals surface area contributed by atoms with Gasteiger partial charge in [-0.3, -0.25) is 4.79 Å². The van der Waals surface area contributed by atoms with Crippen LogP contribution >= 0.6 is 11.8 Å². The number of fused-ring (bicyclic) bond motifs is 1. The number of halogens is 1. The van der Waals surface area contributed by atoms with Crippen molar-refractivity contribution < 1.29 is 9.18 Å². The maximum atomic E-state index is 13.6. The van der Waals surface area contributed by atoms with Crippen molar-refractivity contribution in [3.63, 3.8) is 0 Å². The van der Waals surface area contributed by atoms with E-state index >= 15 is 0 Å². The van der Waals surface area contributed by atoms with Gasteiger partial charge in [0.2, 0.25) is 5.91 Å². The summed E-state index contributed by atoms with van der Waals surface area (Å²) in [7, 11) is 0. The number of amides is 1. The maximum absolute atomic E-state index is 13.6. The molecule has 0 aliphatic carbocycles. The Kier molecular flexibility index (Phi) is 7.69. The van der Waals surface area contributed by atoms with Crippen molar-refractivity contribution >= 4 is 34.5 Å². The number of carbonyl (C=O) groups is 1. The number of benzene rings is 2. The molecule has 1 amide bonds.